The molecule has 134 valence electrons. The van der Waals surface area contributed by atoms with Crippen molar-refractivity contribution in [3.63, 3.8) is 0 Å². The first-order chi connectivity index (χ1) is 11.3. The molecule has 1 saturated carbocycles. The van der Waals surface area contributed by atoms with Crippen LogP contribution in [0.15, 0.2) is 6.07 Å². The number of rotatable bonds is 6. The average Bonchev–Trinajstić information content (AvgIpc) is 2.86. The molecule has 0 bridgehead atoms. The Balaban J connectivity index is 1.93. The number of urea groups is 1. The van der Waals surface area contributed by atoms with Gasteiger partial charge in [-0.25, -0.2) is 4.79 Å². The molecule has 0 saturated heterocycles. The second-order valence-corrected chi connectivity index (χ2v) is 7.26. The molecule has 0 spiro atoms. The Kier molecular flexibility index (Phi) is 5.85. The lowest BCUT2D eigenvalue weighted by atomic mass is 9.95. The highest BCUT2D eigenvalue weighted by molar-refractivity contribution is 5.88. The van der Waals surface area contributed by atoms with E-state index in [1.807, 2.05) is 17.7 Å². The van der Waals surface area contributed by atoms with Crippen LogP contribution >= 0.6 is 0 Å². The van der Waals surface area contributed by atoms with Crippen LogP contribution in [0.5, 0.6) is 0 Å². The summed E-state index contributed by atoms with van der Waals surface area (Å²) in [5.41, 5.74) is 0.450. The standard InChI is InChI=1S/C17H28N4O3/c1-12-11-14(20-21(12)13-7-5-4-6-8-13)18-16(24)19-17(2,3)10-9-15(22)23/h11,13H,4-10H2,1-3H3,(H,22,23)(H2,18,19,20,24). The largest absolute Gasteiger partial charge is 0.481 e. The smallest absolute Gasteiger partial charge is 0.320 e. The quantitative estimate of drug-likeness (QED) is 0.741. The Labute approximate surface area is 142 Å². The fraction of sp³-hybridized carbons (Fsp3) is 0.706. The Morgan fingerprint density at radius 2 is 2.00 bits per heavy atom. The van der Waals surface area contributed by atoms with Gasteiger partial charge < -0.3 is 10.4 Å². The molecule has 7 heteroatoms. The van der Waals surface area contributed by atoms with E-state index in [-0.39, 0.29) is 12.5 Å². The van der Waals surface area contributed by atoms with Crippen LogP contribution < -0.4 is 10.6 Å². The van der Waals surface area contributed by atoms with E-state index >= 15 is 0 Å². The van der Waals surface area contributed by atoms with E-state index in [1.165, 1.54) is 19.3 Å². The number of aryl methyl sites for hydroxylation is 1. The van der Waals surface area contributed by atoms with Crippen LogP contribution in [-0.2, 0) is 4.79 Å². The molecule has 0 aromatic carbocycles. The lowest BCUT2D eigenvalue weighted by Gasteiger charge is -2.25. The average molecular weight is 336 g/mol. The van der Waals surface area contributed by atoms with Crippen LogP contribution in [0.3, 0.4) is 0 Å². The summed E-state index contributed by atoms with van der Waals surface area (Å²) in [7, 11) is 0. The van der Waals surface area contributed by atoms with E-state index in [0.29, 0.717) is 18.3 Å². The van der Waals surface area contributed by atoms with Crippen LogP contribution in [0, 0.1) is 6.92 Å². The van der Waals surface area contributed by atoms with E-state index in [9.17, 15) is 9.59 Å². The van der Waals surface area contributed by atoms with E-state index in [4.69, 9.17) is 5.11 Å². The lowest BCUT2D eigenvalue weighted by molar-refractivity contribution is -0.137. The Hall–Kier alpha value is -2.05. The normalized spacial score (nSPS) is 16.0. The number of carbonyl (C=O) groups excluding carboxylic acids is 1. The molecule has 0 unspecified atom stereocenters. The monoisotopic (exact) mass is 336 g/mol. The van der Waals surface area contributed by atoms with Gasteiger partial charge in [-0.1, -0.05) is 19.3 Å². The van der Waals surface area contributed by atoms with Crippen LogP contribution in [0.4, 0.5) is 10.6 Å². The van der Waals surface area contributed by atoms with E-state index in [2.05, 4.69) is 15.7 Å². The molecule has 3 N–H and O–H groups in total. The number of hydrogen-bond acceptors (Lipinski definition) is 3. The molecule has 1 heterocycles. The molecule has 1 aliphatic carbocycles. The fourth-order valence-electron chi connectivity index (χ4n) is 3.18. The summed E-state index contributed by atoms with van der Waals surface area (Å²) >= 11 is 0. The number of aliphatic carboxylic acids is 1. The second kappa shape index (κ2) is 7.68. The molecule has 1 fully saturated rings. The topological polar surface area (TPSA) is 96.2 Å². The van der Waals surface area contributed by atoms with E-state index < -0.39 is 11.5 Å². The summed E-state index contributed by atoms with van der Waals surface area (Å²) in [6.45, 7) is 5.62. The number of carboxylic acids is 1. The molecule has 0 radical (unpaired) electrons. The van der Waals surface area contributed by atoms with Crippen LogP contribution in [0.1, 0.15) is 70.5 Å². The highest BCUT2D eigenvalue weighted by Crippen LogP contribution is 2.29. The third-order valence-electron chi connectivity index (χ3n) is 4.50. The summed E-state index contributed by atoms with van der Waals surface area (Å²) in [6.07, 6.45) is 6.40. The lowest BCUT2D eigenvalue weighted by Crippen LogP contribution is -2.45. The third kappa shape index (κ3) is 5.25. The third-order valence-corrected chi connectivity index (χ3v) is 4.50. The van der Waals surface area contributed by atoms with Gasteiger partial charge in [-0.2, -0.15) is 5.10 Å². The maximum absolute atomic E-state index is 12.2. The first kappa shape index (κ1) is 18.3. The van der Waals surface area contributed by atoms with E-state index in [1.54, 1.807) is 13.8 Å². The van der Waals surface area contributed by atoms with Crippen molar-refractivity contribution in [3.8, 4) is 0 Å². The fourth-order valence-corrected chi connectivity index (χ4v) is 3.18. The number of carboxylic acid groups (broad SMARTS) is 1. The van der Waals surface area contributed by atoms with Gasteiger partial charge in [0.05, 0.1) is 6.04 Å². The minimum Gasteiger partial charge on any atom is -0.481 e. The van der Waals surface area contributed by atoms with Crippen molar-refractivity contribution in [1.29, 1.82) is 0 Å². The van der Waals surface area contributed by atoms with Gasteiger partial charge in [0.2, 0.25) is 0 Å². The zero-order chi connectivity index (χ0) is 17.7. The second-order valence-electron chi connectivity index (χ2n) is 7.26. The number of nitrogens with one attached hydrogen (secondary N) is 2. The Morgan fingerprint density at radius 1 is 1.33 bits per heavy atom. The van der Waals surface area contributed by atoms with E-state index in [0.717, 1.165) is 18.5 Å². The summed E-state index contributed by atoms with van der Waals surface area (Å²) in [6, 6.07) is 1.93. The Morgan fingerprint density at radius 3 is 2.62 bits per heavy atom. The minimum atomic E-state index is -0.868. The van der Waals surface area contributed by atoms with Crippen molar-refractivity contribution in [2.75, 3.05) is 5.32 Å². The molecule has 7 nitrogen and oxygen atoms in total. The summed E-state index contributed by atoms with van der Waals surface area (Å²) in [5.74, 6) is -0.336. The van der Waals surface area contributed by atoms with Gasteiger partial charge in [0.1, 0.15) is 0 Å². The van der Waals surface area contributed by atoms with Crippen molar-refractivity contribution in [3.05, 3.63) is 11.8 Å². The van der Waals surface area contributed by atoms with Gasteiger partial charge in [-0.05, 0) is 40.0 Å². The van der Waals surface area contributed by atoms with Gasteiger partial charge in [-0.15, -0.1) is 0 Å². The molecule has 24 heavy (non-hydrogen) atoms. The molecule has 0 aliphatic heterocycles. The zero-order valence-electron chi connectivity index (χ0n) is 14.8. The predicted molar refractivity (Wildman–Crippen MR) is 92.2 cm³/mol. The molecule has 1 aromatic rings. The maximum Gasteiger partial charge on any atom is 0.320 e. The number of carbonyl (C=O) groups is 2. The highest BCUT2D eigenvalue weighted by Gasteiger charge is 2.23. The first-order valence-electron chi connectivity index (χ1n) is 8.64. The molecule has 0 atom stereocenters. The van der Waals surface area contributed by atoms with Crippen molar-refractivity contribution < 1.29 is 14.7 Å². The van der Waals surface area contributed by atoms with Gasteiger partial charge in [-0.3, -0.25) is 14.8 Å². The molecule has 1 aromatic heterocycles. The van der Waals surface area contributed by atoms with Crippen LogP contribution in [-0.4, -0.2) is 32.4 Å². The predicted octanol–water partition coefficient (Wildman–Crippen LogP) is 3.46. The summed E-state index contributed by atoms with van der Waals surface area (Å²) < 4.78 is 2.02. The maximum atomic E-state index is 12.2. The first-order valence-corrected chi connectivity index (χ1v) is 8.64. The van der Waals surface area contributed by atoms with Crippen molar-refractivity contribution in [2.24, 2.45) is 0 Å². The number of nitrogens with zero attached hydrogens (tertiary/aromatic N) is 2. The van der Waals surface area contributed by atoms with Crippen LogP contribution in [0.25, 0.3) is 0 Å². The van der Waals surface area contributed by atoms with Gasteiger partial charge in [0.25, 0.3) is 0 Å². The van der Waals surface area contributed by atoms with Crippen molar-refractivity contribution >= 4 is 17.8 Å². The number of amides is 2. The molecule has 2 rings (SSSR count). The highest BCUT2D eigenvalue weighted by atomic mass is 16.4. The molecular formula is C17H28N4O3. The van der Waals surface area contributed by atoms with Crippen molar-refractivity contribution in [2.45, 2.75) is 77.3 Å². The molecular weight excluding hydrogens is 308 g/mol. The molecule has 2 amide bonds. The van der Waals surface area contributed by atoms with Crippen molar-refractivity contribution in [1.82, 2.24) is 15.1 Å². The number of hydrogen-bond donors (Lipinski definition) is 3. The summed E-state index contributed by atoms with van der Waals surface area (Å²) in [5, 5.41) is 18.9. The molecule has 1 aliphatic rings. The number of anilines is 1. The zero-order valence-corrected chi connectivity index (χ0v) is 14.8. The van der Waals surface area contributed by atoms with Gasteiger partial charge >= 0.3 is 12.0 Å². The Bertz CT molecular complexity index is 589. The number of aromatic nitrogens is 2. The van der Waals surface area contributed by atoms with Crippen LogP contribution in [0.2, 0.25) is 0 Å². The minimum absolute atomic E-state index is 0.0166. The SMILES string of the molecule is Cc1cc(NC(=O)NC(C)(C)CCC(=O)O)nn1C1CCCCC1. The summed E-state index contributed by atoms with van der Waals surface area (Å²) in [4.78, 5) is 22.8. The van der Waals surface area contributed by atoms with Gasteiger partial charge in [0, 0.05) is 23.7 Å². The van der Waals surface area contributed by atoms with Gasteiger partial charge in [0.15, 0.2) is 5.82 Å².